The molecule has 0 radical (unpaired) electrons. The zero-order valence-electron chi connectivity index (χ0n) is 10.8. The maximum absolute atomic E-state index is 6.33. The third-order valence-corrected chi connectivity index (χ3v) is 4.09. The predicted octanol–water partition coefficient (Wildman–Crippen LogP) is 2.34. The first kappa shape index (κ1) is 11.7. The van der Waals surface area contributed by atoms with Gasteiger partial charge in [0.1, 0.15) is 5.82 Å². The van der Waals surface area contributed by atoms with Gasteiger partial charge < -0.3 is 10.3 Å². The van der Waals surface area contributed by atoms with Crippen molar-refractivity contribution in [3.8, 4) is 0 Å². The van der Waals surface area contributed by atoms with Crippen LogP contribution in [0.25, 0.3) is 11.2 Å². The van der Waals surface area contributed by atoms with E-state index in [9.17, 15) is 0 Å². The van der Waals surface area contributed by atoms with Crippen LogP contribution in [0, 0.1) is 0 Å². The Balaban J connectivity index is 2.04. The number of hydrogen-bond donors (Lipinski definition) is 1. The van der Waals surface area contributed by atoms with Crippen LogP contribution in [0.3, 0.4) is 0 Å². The lowest BCUT2D eigenvalue weighted by atomic mass is 9.95. The van der Waals surface area contributed by atoms with E-state index >= 15 is 0 Å². The minimum atomic E-state index is 0.239. The maximum Gasteiger partial charge on any atom is 0.177 e. The van der Waals surface area contributed by atoms with Gasteiger partial charge in [0, 0.05) is 25.2 Å². The molecule has 2 aromatic heterocycles. The first-order valence-electron chi connectivity index (χ1n) is 6.80. The smallest absolute Gasteiger partial charge is 0.177 e. The highest BCUT2D eigenvalue weighted by molar-refractivity contribution is 5.71. The largest absolute Gasteiger partial charge is 0.329 e. The molecule has 1 fully saturated rings. The second-order valence-electron chi connectivity index (χ2n) is 5.28. The number of aromatic nitrogens is 3. The Labute approximate surface area is 107 Å². The summed E-state index contributed by atoms with van der Waals surface area (Å²) >= 11 is 0. The van der Waals surface area contributed by atoms with E-state index in [0.717, 1.165) is 29.8 Å². The van der Waals surface area contributed by atoms with Gasteiger partial charge in [-0.05, 0) is 25.0 Å². The number of pyridine rings is 1. The summed E-state index contributed by atoms with van der Waals surface area (Å²) in [6, 6.07) is 4.27. The minimum absolute atomic E-state index is 0.239. The first-order chi connectivity index (χ1) is 8.77. The standard InChI is InChI=1S/C14H20N4/c1-18-12-8-5-9-16-13(12)17-14(18)10-6-3-2-4-7-11(10)15/h5,8-11H,2-4,6-7,15H2,1H3. The average molecular weight is 244 g/mol. The van der Waals surface area contributed by atoms with Crippen molar-refractivity contribution in [2.45, 2.75) is 44.1 Å². The summed E-state index contributed by atoms with van der Waals surface area (Å²) in [6.07, 6.45) is 7.87. The summed E-state index contributed by atoms with van der Waals surface area (Å²) in [5.41, 5.74) is 8.27. The van der Waals surface area contributed by atoms with Crippen molar-refractivity contribution >= 4 is 11.2 Å². The number of nitrogens with two attached hydrogens (primary N) is 1. The number of rotatable bonds is 1. The van der Waals surface area contributed by atoms with Crippen LogP contribution >= 0.6 is 0 Å². The molecule has 1 aliphatic carbocycles. The number of imidazole rings is 1. The third-order valence-electron chi connectivity index (χ3n) is 4.09. The maximum atomic E-state index is 6.33. The molecule has 18 heavy (non-hydrogen) atoms. The molecule has 0 aromatic carbocycles. The van der Waals surface area contributed by atoms with E-state index in [1.165, 1.54) is 19.3 Å². The van der Waals surface area contributed by atoms with Gasteiger partial charge >= 0.3 is 0 Å². The van der Waals surface area contributed by atoms with Gasteiger partial charge in [-0.15, -0.1) is 0 Å². The average Bonchev–Trinajstić information content (AvgIpc) is 2.57. The van der Waals surface area contributed by atoms with E-state index in [4.69, 9.17) is 10.7 Å². The van der Waals surface area contributed by atoms with Crippen LogP contribution in [0.4, 0.5) is 0 Å². The first-order valence-corrected chi connectivity index (χ1v) is 6.80. The van der Waals surface area contributed by atoms with Crippen molar-refractivity contribution in [1.82, 2.24) is 14.5 Å². The molecular formula is C14H20N4. The lowest BCUT2D eigenvalue weighted by Crippen LogP contribution is -2.29. The highest BCUT2D eigenvalue weighted by atomic mass is 15.1. The summed E-state index contributed by atoms with van der Waals surface area (Å²) in [5.74, 6) is 1.49. The van der Waals surface area contributed by atoms with E-state index < -0.39 is 0 Å². The van der Waals surface area contributed by atoms with Crippen LogP contribution in [0.15, 0.2) is 18.3 Å². The van der Waals surface area contributed by atoms with Crippen LogP contribution < -0.4 is 5.73 Å². The molecule has 2 aromatic rings. The fourth-order valence-corrected chi connectivity index (χ4v) is 3.03. The molecule has 2 atom stereocenters. The van der Waals surface area contributed by atoms with E-state index in [2.05, 4.69) is 22.7 Å². The van der Waals surface area contributed by atoms with Crippen molar-refractivity contribution in [1.29, 1.82) is 0 Å². The Morgan fingerprint density at radius 3 is 2.94 bits per heavy atom. The van der Waals surface area contributed by atoms with E-state index in [-0.39, 0.29) is 6.04 Å². The van der Waals surface area contributed by atoms with Gasteiger partial charge in [-0.3, -0.25) is 0 Å². The van der Waals surface area contributed by atoms with Crippen molar-refractivity contribution in [3.63, 3.8) is 0 Å². The fourth-order valence-electron chi connectivity index (χ4n) is 3.03. The van der Waals surface area contributed by atoms with Crippen LogP contribution in [0.2, 0.25) is 0 Å². The Kier molecular flexibility index (Phi) is 3.04. The highest BCUT2D eigenvalue weighted by Crippen LogP contribution is 2.31. The molecular weight excluding hydrogens is 224 g/mol. The molecule has 0 aliphatic heterocycles. The fraction of sp³-hybridized carbons (Fsp3) is 0.571. The third kappa shape index (κ3) is 1.90. The molecule has 0 spiro atoms. The van der Waals surface area contributed by atoms with Crippen LogP contribution in [0.1, 0.15) is 43.8 Å². The quantitative estimate of drug-likeness (QED) is 0.783. The Morgan fingerprint density at radius 2 is 2.11 bits per heavy atom. The monoisotopic (exact) mass is 244 g/mol. The molecule has 4 nitrogen and oxygen atoms in total. The topological polar surface area (TPSA) is 56.7 Å². The molecule has 1 saturated carbocycles. The summed E-state index contributed by atoms with van der Waals surface area (Å²) in [5, 5.41) is 0. The minimum Gasteiger partial charge on any atom is -0.329 e. The zero-order valence-corrected chi connectivity index (χ0v) is 10.8. The SMILES string of the molecule is Cn1c(C2CCCCCC2N)nc2ncccc21. The van der Waals surface area contributed by atoms with Crippen LogP contribution in [-0.4, -0.2) is 20.6 Å². The lowest BCUT2D eigenvalue weighted by Gasteiger charge is -2.20. The summed E-state index contributed by atoms with van der Waals surface area (Å²) in [7, 11) is 2.07. The van der Waals surface area contributed by atoms with Crippen LogP contribution in [0.5, 0.6) is 0 Å². The molecule has 2 N–H and O–H groups in total. The summed E-state index contributed by atoms with van der Waals surface area (Å²) < 4.78 is 2.16. The molecule has 2 unspecified atom stereocenters. The number of aryl methyl sites for hydroxylation is 1. The normalized spacial score (nSPS) is 25.2. The Bertz CT molecular complexity index is 546. The summed E-state index contributed by atoms with van der Waals surface area (Å²) in [4.78, 5) is 9.03. The van der Waals surface area contributed by atoms with Gasteiger partial charge in [0.25, 0.3) is 0 Å². The Hall–Kier alpha value is -1.42. The molecule has 2 heterocycles. The van der Waals surface area contributed by atoms with Gasteiger partial charge in [0.2, 0.25) is 0 Å². The van der Waals surface area contributed by atoms with Crippen molar-refractivity contribution < 1.29 is 0 Å². The molecule has 4 heteroatoms. The Morgan fingerprint density at radius 1 is 1.28 bits per heavy atom. The number of hydrogen-bond acceptors (Lipinski definition) is 3. The van der Waals surface area contributed by atoms with Gasteiger partial charge in [-0.2, -0.15) is 0 Å². The van der Waals surface area contributed by atoms with E-state index in [1.807, 2.05) is 6.07 Å². The van der Waals surface area contributed by atoms with Gasteiger partial charge in [0.15, 0.2) is 5.65 Å². The molecule has 0 amide bonds. The second kappa shape index (κ2) is 4.69. The predicted molar refractivity (Wildman–Crippen MR) is 72.3 cm³/mol. The summed E-state index contributed by atoms with van der Waals surface area (Å²) in [6.45, 7) is 0. The molecule has 96 valence electrons. The molecule has 0 saturated heterocycles. The number of nitrogens with zero attached hydrogens (tertiary/aromatic N) is 3. The van der Waals surface area contributed by atoms with Gasteiger partial charge in [0.05, 0.1) is 5.52 Å². The van der Waals surface area contributed by atoms with E-state index in [0.29, 0.717) is 5.92 Å². The molecule has 3 rings (SSSR count). The van der Waals surface area contributed by atoms with E-state index in [1.54, 1.807) is 6.20 Å². The molecule has 0 bridgehead atoms. The van der Waals surface area contributed by atoms with Crippen molar-refractivity contribution in [3.05, 3.63) is 24.2 Å². The highest BCUT2D eigenvalue weighted by Gasteiger charge is 2.26. The van der Waals surface area contributed by atoms with Crippen LogP contribution in [-0.2, 0) is 7.05 Å². The van der Waals surface area contributed by atoms with Crippen molar-refractivity contribution in [2.75, 3.05) is 0 Å². The zero-order chi connectivity index (χ0) is 12.5. The van der Waals surface area contributed by atoms with Crippen molar-refractivity contribution in [2.24, 2.45) is 12.8 Å². The van der Waals surface area contributed by atoms with Gasteiger partial charge in [-0.1, -0.05) is 19.3 Å². The van der Waals surface area contributed by atoms with Gasteiger partial charge in [-0.25, -0.2) is 9.97 Å². The second-order valence-corrected chi connectivity index (χ2v) is 5.28. The number of fused-ring (bicyclic) bond motifs is 1. The molecule has 1 aliphatic rings. The lowest BCUT2D eigenvalue weighted by molar-refractivity contribution is 0.474.